The van der Waals surface area contributed by atoms with Gasteiger partial charge in [-0.25, -0.2) is 9.97 Å². The Balaban J connectivity index is 1.80. The Morgan fingerprint density at radius 3 is 2.81 bits per heavy atom. The van der Waals surface area contributed by atoms with Gasteiger partial charge in [0.15, 0.2) is 11.5 Å². The van der Waals surface area contributed by atoms with Crippen LogP contribution < -0.4 is 10.6 Å². The molecule has 1 saturated carbocycles. The highest BCUT2D eigenvalue weighted by Crippen LogP contribution is 2.35. The molecule has 2 aromatic heterocycles. The highest BCUT2D eigenvalue weighted by atomic mass is 15.1. The SMILES string of the molecule is CCNc1cn2ccnc2c(NCC2(C)CCCCC2)n1. The fourth-order valence-electron chi connectivity index (χ4n) is 3.20. The van der Waals surface area contributed by atoms with E-state index in [4.69, 9.17) is 0 Å². The van der Waals surface area contributed by atoms with E-state index in [0.29, 0.717) is 5.41 Å². The molecule has 0 atom stereocenters. The smallest absolute Gasteiger partial charge is 0.180 e. The molecule has 5 heteroatoms. The van der Waals surface area contributed by atoms with Crippen LogP contribution in [-0.4, -0.2) is 27.5 Å². The number of imidazole rings is 1. The molecule has 2 heterocycles. The molecule has 0 radical (unpaired) electrons. The fraction of sp³-hybridized carbons (Fsp3) is 0.625. The van der Waals surface area contributed by atoms with Crippen molar-refractivity contribution in [1.29, 1.82) is 0 Å². The van der Waals surface area contributed by atoms with E-state index in [1.165, 1.54) is 32.1 Å². The molecular weight excluding hydrogens is 262 g/mol. The zero-order valence-corrected chi connectivity index (χ0v) is 13.0. The minimum absolute atomic E-state index is 0.387. The standard InChI is InChI=1S/C16H25N5/c1-3-17-13-11-21-10-9-18-15(21)14(20-13)19-12-16(2)7-5-4-6-8-16/h9-11,17H,3-8,12H2,1-2H3,(H,19,20). The summed E-state index contributed by atoms with van der Waals surface area (Å²) in [5, 5.41) is 6.83. The van der Waals surface area contributed by atoms with Crippen LogP contribution in [0.15, 0.2) is 18.6 Å². The van der Waals surface area contributed by atoms with Crippen molar-refractivity contribution in [1.82, 2.24) is 14.4 Å². The quantitative estimate of drug-likeness (QED) is 0.883. The maximum Gasteiger partial charge on any atom is 0.180 e. The molecule has 114 valence electrons. The predicted octanol–water partition coefficient (Wildman–Crippen LogP) is 3.54. The normalized spacial score (nSPS) is 17.8. The van der Waals surface area contributed by atoms with Crippen LogP contribution in [0.1, 0.15) is 46.0 Å². The molecule has 0 aromatic carbocycles. The van der Waals surface area contributed by atoms with E-state index < -0.39 is 0 Å². The summed E-state index contributed by atoms with van der Waals surface area (Å²) < 4.78 is 2.02. The highest BCUT2D eigenvalue weighted by molar-refractivity contribution is 5.65. The number of rotatable bonds is 5. The van der Waals surface area contributed by atoms with Gasteiger partial charge < -0.3 is 15.0 Å². The molecule has 0 saturated heterocycles. The highest BCUT2D eigenvalue weighted by Gasteiger charge is 2.26. The van der Waals surface area contributed by atoms with Crippen LogP contribution in [0.4, 0.5) is 11.6 Å². The number of anilines is 2. The summed E-state index contributed by atoms with van der Waals surface area (Å²) in [6.45, 7) is 6.30. The largest absolute Gasteiger partial charge is 0.369 e. The van der Waals surface area contributed by atoms with Crippen molar-refractivity contribution < 1.29 is 0 Å². The lowest BCUT2D eigenvalue weighted by atomic mass is 9.76. The molecule has 2 aromatic rings. The second-order valence-electron chi connectivity index (χ2n) is 6.39. The average Bonchev–Trinajstić information content (AvgIpc) is 2.94. The lowest BCUT2D eigenvalue weighted by molar-refractivity contribution is 0.233. The van der Waals surface area contributed by atoms with Crippen LogP contribution in [0, 0.1) is 5.41 Å². The molecule has 0 spiro atoms. The van der Waals surface area contributed by atoms with Gasteiger partial charge >= 0.3 is 0 Å². The number of hydrogen-bond acceptors (Lipinski definition) is 4. The number of nitrogens with zero attached hydrogens (tertiary/aromatic N) is 3. The molecule has 0 amide bonds. The zero-order valence-electron chi connectivity index (χ0n) is 13.0. The molecule has 1 fully saturated rings. The van der Waals surface area contributed by atoms with Crippen LogP contribution in [-0.2, 0) is 0 Å². The van der Waals surface area contributed by atoms with Crippen molar-refractivity contribution in [2.75, 3.05) is 23.7 Å². The molecular formula is C16H25N5. The van der Waals surface area contributed by atoms with Gasteiger partial charge in [-0.1, -0.05) is 26.2 Å². The summed E-state index contributed by atoms with van der Waals surface area (Å²) in [6.07, 6.45) is 12.5. The number of fused-ring (bicyclic) bond motifs is 1. The van der Waals surface area contributed by atoms with E-state index >= 15 is 0 Å². The Morgan fingerprint density at radius 2 is 2.05 bits per heavy atom. The minimum atomic E-state index is 0.387. The van der Waals surface area contributed by atoms with Gasteiger partial charge in [0.25, 0.3) is 0 Å². The minimum Gasteiger partial charge on any atom is -0.369 e. The van der Waals surface area contributed by atoms with E-state index in [-0.39, 0.29) is 0 Å². The molecule has 0 unspecified atom stereocenters. The first-order valence-corrected chi connectivity index (χ1v) is 8.02. The molecule has 0 bridgehead atoms. The number of hydrogen-bond donors (Lipinski definition) is 2. The third kappa shape index (κ3) is 3.12. The van der Waals surface area contributed by atoms with Crippen molar-refractivity contribution in [2.24, 2.45) is 5.41 Å². The van der Waals surface area contributed by atoms with Gasteiger partial charge in [-0.05, 0) is 25.2 Å². The van der Waals surface area contributed by atoms with Gasteiger partial charge in [-0.15, -0.1) is 0 Å². The van der Waals surface area contributed by atoms with Gasteiger partial charge in [-0.2, -0.15) is 0 Å². The summed E-state index contributed by atoms with van der Waals surface area (Å²) in [7, 11) is 0. The van der Waals surface area contributed by atoms with Crippen molar-refractivity contribution in [3.05, 3.63) is 18.6 Å². The fourth-order valence-corrected chi connectivity index (χ4v) is 3.20. The first-order chi connectivity index (χ1) is 10.2. The number of nitrogens with one attached hydrogen (secondary N) is 2. The van der Waals surface area contributed by atoms with Crippen LogP contribution >= 0.6 is 0 Å². The van der Waals surface area contributed by atoms with Crippen molar-refractivity contribution in [3.63, 3.8) is 0 Å². The summed E-state index contributed by atoms with van der Waals surface area (Å²) in [5.74, 6) is 1.77. The summed E-state index contributed by atoms with van der Waals surface area (Å²) in [4.78, 5) is 9.09. The molecule has 1 aliphatic rings. The Hall–Kier alpha value is -1.78. The van der Waals surface area contributed by atoms with Gasteiger partial charge in [0.1, 0.15) is 5.82 Å². The van der Waals surface area contributed by atoms with E-state index in [1.54, 1.807) is 0 Å². The Bertz CT molecular complexity index is 598. The maximum absolute atomic E-state index is 4.67. The monoisotopic (exact) mass is 287 g/mol. The predicted molar refractivity (Wildman–Crippen MR) is 86.8 cm³/mol. The first-order valence-electron chi connectivity index (χ1n) is 8.02. The lowest BCUT2D eigenvalue weighted by Gasteiger charge is -2.33. The second-order valence-corrected chi connectivity index (χ2v) is 6.39. The number of aromatic nitrogens is 3. The molecule has 5 nitrogen and oxygen atoms in total. The van der Waals surface area contributed by atoms with Crippen molar-refractivity contribution >= 4 is 17.3 Å². The topological polar surface area (TPSA) is 54.2 Å². The van der Waals surface area contributed by atoms with Crippen LogP contribution in [0.2, 0.25) is 0 Å². The van der Waals surface area contributed by atoms with E-state index in [1.807, 2.05) is 23.0 Å². The third-order valence-electron chi connectivity index (χ3n) is 4.48. The lowest BCUT2D eigenvalue weighted by Crippen LogP contribution is -2.29. The van der Waals surface area contributed by atoms with Crippen molar-refractivity contribution in [3.8, 4) is 0 Å². The maximum atomic E-state index is 4.67. The van der Waals surface area contributed by atoms with Gasteiger partial charge in [-0.3, -0.25) is 0 Å². The zero-order chi connectivity index (χ0) is 14.7. The molecule has 3 rings (SSSR count). The second kappa shape index (κ2) is 5.92. The van der Waals surface area contributed by atoms with Gasteiger partial charge in [0.2, 0.25) is 0 Å². The summed E-state index contributed by atoms with van der Waals surface area (Å²) in [5.41, 5.74) is 1.29. The first kappa shape index (κ1) is 14.2. The van der Waals surface area contributed by atoms with E-state index in [2.05, 4.69) is 34.4 Å². The van der Waals surface area contributed by atoms with Gasteiger partial charge in [0.05, 0.1) is 6.20 Å². The molecule has 1 aliphatic carbocycles. The van der Waals surface area contributed by atoms with Gasteiger partial charge in [0, 0.05) is 25.5 Å². The van der Waals surface area contributed by atoms with Crippen LogP contribution in [0.3, 0.4) is 0 Å². The third-order valence-corrected chi connectivity index (χ3v) is 4.48. The Morgan fingerprint density at radius 1 is 1.24 bits per heavy atom. The Kier molecular flexibility index (Phi) is 3.99. The van der Waals surface area contributed by atoms with Crippen LogP contribution in [0.25, 0.3) is 5.65 Å². The van der Waals surface area contributed by atoms with E-state index in [9.17, 15) is 0 Å². The Labute approximate surface area is 126 Å². The molecule has 0 aliphatic heterocycles. The summed E-state index contributed by atoms with van der Waals surface area (Å²) >= 11 is 0. The summed E-state index contributed by atoms with van der Waals surface area (Å²) in [6, 6.07) is 0. The molecule has 21 heavy (non-hydrogen) atoms. The molecule has 2 N–H and O–H groups in total. The van der Waals surface area contributed by atoms with Crippen molar-refractivity contribution in [2.45, 2.75) is 46.0 Å². The average molecular weight is 287 g/mol. The van der Waals surface area contributed by atoms with Crippen LogP contribution in [0.5, 0.6) is 0 Å². The van der Waals surface area contributed by atoms with E-state index in [0.717, 1.165) is 30.4 Å².